The van der Waals surface area contributed by atoms with Gasteiger partial charge in [-0.2, -0.15) is 0 Å². The van der Waals surface area contributed by atoms with Crippen LogP contribution < -0.4 is 0 Å². The molecule has 148 valence electrons. The smallest absolute Gasteiger partial charge is 0.328 e. The Bertz CT molecular complexity index is 866. The molecule has 8 heteroatoms. The van der Waals surface area contributed by atoms with Crippen molar-refractivity contribution in [2.24, 2.45) is 4.99 Å². The maximum absolute atomic E-state index is 13.4. The molecule has 3 aliphatic heterocycles. The van der Waals surface area contributed by atoms with E-state index >= 15 is 0 Å². The standard InChI is InChI=1S/C20H25N5O3/c1-13-14(2)25-16-17(21-19(25)23(13)10-7-11-26)22(3)20(28)24(18(16)27)12-15-8-5-4-6-9-15/h4-6,8-9,16-17,26H,7,10-12H2,1-3H3. The largest absolute Gasteiger partial charge is 0.396 e. The number of aliphatic hydroxyl groups excluding tert-OH is 1. The van der Waals surface area contributed by atoms with Crippen LogP contribution in [0, 0.1) is 0 Å². The zero-order valence-corrected chi connectivity index (χ0v) is 16.4. The number of carbonyl (C=O) groups is 2. The Balaban J connectivity index is 1.65. The number of rotatable bonds is 5. The molecule has 1 fully saturated rings. The van der Waals surface area contributed by atoms with Crippen LogP contribution in [-0.2, 0) is 11.3 Å². The molecule has 0 bridgehead atoms. The number of amides is 3. The van der Waals surface area contributed by atoms with Gasteiger partial charge >= 0.3 is 6.03 Å². The molecule has 1 aromatic carbocycles. The summed E-state index contributed by atoms with van der Waals surface area (Å²) in [6, 6.07) is 8.62. The van der Waals surface area contributed by atoms with Crippen LogP contribution in [0.25, 0.3) is 0 Å². The molecule has 3 amide bonds. The third-order valence-electron chi connectivity index (χ3n) is 5.73. The highest BCUT2D eigenvalue weighted by atomic mass is 16.3. The van der Waals surface area contributed by atoms with Crippen molar-refractivity contribution in [1.29, 1.82) is 0 Å². The first-order valence-electron chi connectivity index (χ1n) is 9.50. The molecule has 1 saturated heterocycles. The number of guanidine groups is 1. The van der Waals surface area contributed by atoms with Crippen molar-refractivity contribution in [2.45, 2.75) is 39.0 Å². The fourth-order valence-electron chi connectivity index (χ4n) is 4.09. The number of nitrogens with zero attached hydrogens (tertiary/aromatic N) is 5. The SMILES string of the molecule is CC1=C(C)N2C(=NC3C2C(=O)N(Cc2ccccc2)C(=O)N3C)N1CCCO. The fraction of sp³-hybridized carbons (Fsp3) is 0.450. The van der Waals surface area contributed by atoms with Crippen molar-refractivity contribution in [3.05, 3.63) is 47.3 Å². The number of benzene rings is 1. The Labute approximate surface area is 164 Å². The van der Waals surface area contributed by atoms with E-state index in [2.05, 4.69) is 0 Å². The molecule has 0 aliphatic carbocycles. The van der Waals surface area contributed by atoms with Crippen LogP contribution in [-0.4, -0.2) is 75.0 Å². The number of hydrogen-bond donors (Lipinski definition) is 1. The molecule has 8 nitrogen and oxygen atoms in total. The second-order valence-electron chi connectivity index (χ2n) is 7.36. The van der Waals surface area contributed by atoms with E-state index in [4.69, 9.17) is 4.99 Å². The predicted molar refractivity (Wildman–Crippen MR) is 104 cm³/mol. The number of urea groups is 1. The number of hydrogen-bond acceptors (Lipinski definition) is 6. The molecule has 4 rings (SSSR count). The van der Waals surface area contributed by atoms with Crippen molar-refractivity contribution in [2.75, 3.05) is 20.2 Å². The van der Waals surface area contributed by atoms with E-state index in [-0.39, 0.29) is 25.1 Å². The summed E-state index contributed by atoms with van der Waals surface area (Å²) in [5.41, 5.74) is 2.89. The lowest BCUT2D eigenvalue weighted by Gasteiger charge is -2.40. The van der Waals surface area contributed by atoms with E-state index in [1.807, 2.05) is 54.0 Å². The normalized spacial score (nSPS) is 24.2. The summed E-state index contributed by atoms with van der Waals surface area (Å²) in [4.78, 5) is 37.8. The van der Waals surface area contributed by atoms with Gasteiger partial charge in [-0.25, -0.2) is 9.79 Å². The Hall–Kier alpha value is -2.87. The monoisotopic (exact) mass is 383 g/mol. The number of imide groups is 1. The van der Waals surface area contributed by atoms with Crippen LogP contribution in [0.15, 0.2) is 46.7 Å². The number of allylic oxidation sites excluding steroid dienone is 2. The molecule has 1 aromatic rings. The maximum atomic E-state index is 13.4. The highest BCUT2D eigenvalue weighted by molar-refractivity contribution is 6.05. The predicted octanol–water partition coefficient (Wildman–Crippen LogP) is 1.40. The Kier molecular flexibility index (Phi) is 4.58. The summed E-state index contributed by atoms with van der Waals surface area (Å²) < 4.78 is 0. The molecule has 1 N–H and O–H groups in total. The minimum Gasteiger partial charge on any atom is -0.396 e. The average Bonchev–Trinajstić information content (AvgIpc) is 3.19. The lowest BCUT2D eigenvalue weighted by molar-refractivity contribution is -0.137. The number of aliphatic hydroxyl groups is 1. The van der Waals surface area contributed by atoms with E-state index in [0.29, 0.717) is 18.9 Å². The van der Waals surface area contributed by atoms with Crippen molar-refractivity contribution < 1.29 is 14.7 Å². The van der Waals surface area contributed by atoms with Gasteiger partial charge in [-0.05, 0) is 25.8 Å². The summed E-state index contributed by atoms with van der Waals surface area (Å²) in [5.74, 6) is 0.458. The highest BCUT2D eigenvalue weighted by Crippen LogP contribution is 2.37. The van der Waals surface area contributed by atoms with Crippen molar-refractivity contribution in [3.63, 3.8) is 0 Å². The molecule has 2 unspecified atom stereocenters. The third kappa shape index (κ3) is 2.67. The second kappa shape index (κ2) is 6.94. The van der Waals surface area contributed by atoms with Crippen molar-refractivity contribution in [1.82, 2.24) is 19.6 Å². The summed E-state index contributed by atoms with van der Waals surface area (Å²) >= 11 is 0. The number of fused-ring (bicyclic) bond motifs is 3. The minimum atomic E-state index is -0.560. The first-order valence-corrected chi connectivity index (χ1v) is 9.50. The summed E-state index contributed by atoms with van der Waals surface area (Å²) in [6.45, 7) is 4.91. The molecule has 0 saturated carbocycles. The van der Waals surface area contributed by atoms with Gasteiger partial charge in [-0.3, -0.25) is 14.6 Å². The van der Waals surface area contributed by atoms with Crippen LogP contribution in [0.2, 0.25) is 0 Å². The number of likely N-dealkylation sites (N-methyl/N-ethyl adjacent to an activating group) is 1. The Morgan fingerprint density at radius 2 is 1.79 bits per heavy atom. The van der Waals surface area contributed by atoms with Gasteiger partial charge in [0.15, 0.2) is 12.2 Å². The first-order chi connectivity index (χ1) is 13.5. The van der Waals surface area contributed by atoms with E-state index in [9.17, 15) is 14.7 Å². The Morgan fingerprint density at radius 3 is 2.46 bits per heavy atom. The third-order valence-corrected chi connectivity index (χ3v) is 5.73. The van der Waals surface area contributed by atoms with Gasteiger partial charge in [0.25, 0.3) is 5.91 Å². The first kappa shape index (κ1) is 18.5. The molecular weight excluding hydrogens is 358 g/mol. The lowest BCUT2D eigenvalue weighted by atomic mass is 10.1. The molecule has 3 aliphatic rings. The zero-order chi connectivity index (χ0) is 20.0. The van der Waals surface area contributed by atoms with Gasteiger partial charge in [0.05, 0.1) is 6.54 Å². The summed E-state index contributed by atoms with van der Waals surface area (Å²) in [6.07, 6.45) is 0.0667. The second-order valence-corrected chi connectivity index (χ2v) is 7.36. The summed E-state index contributed by atoms with van der Waals surface area (Å²) in [7, 11) is 1.70. The van der Waals surface area contributed by atoms with Gasteiger partial charge in [-0.1, -0.05) is 30.3 Å². The lowest BCUT2D eigenvalue weighted by Crippen LogP contribution is -2.64. The van der Waals surface area contributed by atoms with Gasteiger partial charge < -0.3 is 14.9 Å². The molecule has 2 atom stereocenters. The average molecular weight is 383 g/mol. The van der Waals surface area contributed by atoms with Crippen LogP contribution in [0.5, 0.6) is 0 Å². The van der Waals surface area contributed by atoms with E-state index < -0.39 is 12.2 Å². The van der Waals surface area contributed by atoms with E-state index in [1.165, 1.54) is 4.90 Å². The fourth-order valence-corrected chi connectivity index (χ4v) is 4.09. The van der Waals surface area contributed by atoms with Gasteiger partial charge in [0.2, 0.25) is 5.96 Å². The van der Waals surface area contributed by atoms with Crippen LogP contribution in [0.3, 0.4) is 0 Å². The van der Waals surface area contributed by atoms with Gasteiger partial charge in [-0.15, -0.1) is 0 Å². The highest BCUT2D eigenvalue weighted by Gasteiger charge is 2.55. The molecule has 0 aromatic heterocycles. The number of carbonyl (C=O) groups excluding carboxylic acids is 2. The quantitative estimate of drug-likeness (QED) is 0.831. The summed E-state index contributed by atoms with van der Waals surface area (Å²) in [5, 5.41) is 9.21. The van der Waals surface area contributed by atoms with Crippen molar-refractivity contribution >= 4 is 17.9 Å². The van der Waals surface area contributed by atoms with Gasteiger partial charge in [0, 0.05) is 31.6 Å². The Morgan fingerprint density at radius 1 is 1.07 bits per heavy atom. The zero-order valence-electron chi connectivity index (χ0n) is 16.4. The maximum Gasteiger partial charge on any atom is 0.328 e. The van der Waals surface area contributed by atoms with Crippen LogP contribution in [0.4, 0.5) is 4.79 Å². The van der Waals surface area contributed by atoms with Crippen molar-refractivity contribution in [3.8, 4) is 0 Å². The molecular formula is C20H25N5O3. The molecule has 0 spiro atoms. The molecule has 28 heavy (non-hydrogen) atoms. The van der Waals surface area contributed by atoms with Crippen LogP contribution >= 0.6 is 0 Å². The number of aliphatic imine (C=N–C) groups is 1. The van der Waals surface area contributed by atoms with E-state index in [0.717, 1.165) is 17.0 Å². The van der Waals surface area contributed by atoms with Crippen LogP contribution in [0.1, 0.15) is 25.8 Å². The topological polar surface area (TPSA) is 79.7 Å². The molecule has 0 radical (unpaired) electrons. The minimum absolute atomic E-state index is 0.0884. The van der Waals surface area contributed by atoms with E-state index in [1.54, 1.807) is 11.9 Å². The molecule has 3 heterocycles. The van der Waals surface area contributed by atoms with Gasteiger partial charge in [0.1, 0.15) is 0 Å².